The van der Waals surface area contributed by atoms with E-state index in [9.17, 15) is 0 Å². The summed E-state index contributed by atoms with van der Waals surface area (Å²) in [7, 11) is 0. The molecule has 66 valence electrons. The van der Waals surface area contributed by atoms with Crippen molar-refractivity contribution >= 4 is 21.8 Å². The zero-order chi connectivity index (χ0) is 9.56. The molecule has 1 rings (SSSR count). The molecule has 3 heteroatoms. The smallest absolute Gasteiger partial charge is 0.122 e. The third-order valence-electron chi connectivity index (χ3n) is 1.16. The first-order valence-electron chi connectivity index (χ1n) is 3.80. The molecule has 3 N–H and O–H groups in total. The normalized spacial score (nSPS) is 8.25. The lowest BCUT2D eigenvalue weighted by molar-refractivity contribution is 1.42. The van der Waals surface area contributed by atoms with Crippen LogP contribution >= 0.6 is 15.9 Å². The third kappa shape index (κ3) is 3.53. The minimum absolute atomic E-state index is 0.104. The van der Waals surface area contributed by atoms with Gasteiger partial charge in [-0.25, -0.2) is 0 Å². The number of amidine groups is 1. The van der Waals surface area contributed by atoms with Gasteiger partial charge in [0.1, 0.15) is 5.84 Å². The zero-order valence-electron chi connectivity index (χ0n) is 7.26. The van der Waals surface area contributed by atoms with E-state index in [1.54, 1.807) is 12.1 Å². The fraction of sp³-hybridized carbons (Fsp3) is 0.222. The molecule has 0 spiro atoms. The highest BCUT2D eigenvalue weighted by Gasteiger charge is 1.92. The van der Waals surface area contributed by atoms with Gasteiger partial charge in [-0.1, -0.05) is 41.9 Å². The maximum atomic E-state index is 7.07. The van der Waals surface area contributed by atoms with Crippen LogP contribution in [0.4, 0.5) is 0 Å². The highest BCUT2D eigenvalue weighted by atomic mass is 79.9. The van der Waals surface area contributed by atoms with Gasteiger partial charge in [0.2, 0.25) is 0 Å². The zero-order valence-corrected chi connectivity index (χ0v) is 8.85. The number of hydrogen-bond donors (Lipinski definition) is 2. The van der Waals surface area contributed by atoms with Crippen LogP contribution in [0.15, 0.2) is 28.7 Å². The first-order chi connectivity index (χ1) is 5.70. The van der Waals surface area contributed by atoms with Gasteiger partial charge in [0.25, 0.3) is 0 Å². The second-order valence-electron chi connectivity index (χ2n) is 1.92. The second-order valence-corrected chi connectivity index (χ2v) is 2.84. The molecule has 0 bridgehead atoms. The average molecular weight is 229 g/mol. The lowest BCUT2D eigenvalue weighted by atomic mass is 10.2. The Bertz CT molecular complexity index is 241. The molecule has 0 saturated carbocycles. The molecule has 0 amide bonds. The van der Waals surface area contributed by atoms with Crippen LogP contribution in [-0.2, 0) is 0 Å². The first kappa shape index (κ1) is 11.2. The summed E-state index contributed by atoms with van der Waals surface area (Å²) in [5.74, 6) is 0.104. The van der Waals surface area contributed by atoms with E-state index < -0.39 is 0 Å². The van der Waals surface area contributed by atoms with E-state index >= 15 is 0 Å². The Morgan fingerprint density at radius 2 is 1.67 bits per heavy atom. The standard InChI is InChI=1S/C7H7BrN2.C2H6/c8-6-3-1-5(2-4-6)7(9)10;1-2/h1-4H,(H3,9,10);1-2H3. The van der Waals surface area contributed by atoms with Crippen LogP contribution in [0.5, 0.6) is 0 Å². The van der Waals surface area contributed by atoms with Gasteiger partial charge < -0.3 is 5.73 Å². The largest absolute Gasteiger partial charge is 0.384 e. The van der Waals surface area contributed by atoms with Crippen molar-refractivity contribution in [3.8, 4) is 0 Å². The molecule has 0 aliphatic carbocycles. The van der Waals surface area contributed by atoms with Gasteiger partial charge in [-0.3, -0.25) is 5.41 Å². The summed E-state index contributed by atoms with van der Waals surface area (Å²) in [6.45, 7) is 4.00. The topological polar surface area (TPSA) is 49.9 Å². The summed E-state index contributed by atoms with van der Waals surface area (Å²) >= 11 is 3.28. The molecule has 1 aromatic carbocycles. The number of nitrogen functional groups attached to an aromatic ring is 1. The monoisotopic (exact) mass is 228 g/mol. The highest BCUT2D eigenvalue weighted by molar-refractivity contribution is 9.10. The first-order valence-corrected chi connectivity index (χ1v) is 4.59. The molecule has 0 aliphatic rings. The fourth-order valence-corrected chi connectivity index (χ4v) is 0.894. The Morgan fingerprint density at radius 1 is 1.25 bits per heavy atom. The van der Waals surface area contributed by atoms with Crippen LogP contribution in [0.3, 0.4) is 0 Å². The van der Waals surface area contributed by atoms with Crippen molar-refractivity contribution in [2.75, 3.05) is 0 Å². The number of hydrogen-bond acceptors (Lipinski definition) is 1. The van der Waals surface area contributed by atoms with Crippen molar-refractivity contribution in [1.29, 1.82) is 5.41 Å². The summed E-state index contributed by atoms with van der Waals surface area (Å²) in [5, 5.41) is 7.07. The number of halogens is 1. The van der Waals surface area contributed by atoms with Crippen LogP contribution in [0.1, 0.15) is 19.4 Å². The third-order valence-corrected chi connectivity index (χ3v) is 1.68. The summed E-state index contributed by atoms with van der Waals surface area (Å²) in [6.07, 6.45) is 0. The van der Waals surface area contributed by atoms with Crippen molar-refractivity contribution < 1.29 is 0 Å². The molecule has 0 aliphatic heterocycles. The Balaban J connectivity index is 0.000000561. The van der Waals surface area contributed by atoms with Crippen molar-refractivity contribution in [3.63, 3.8) is 0 Å². The minimum atomic E-state index is 0.104. The van der Waals surface area contributed by atoms with E-state index in [0.29, 0.717) is 0 Å². The molecule has 0 radical (unpaired) electrons. The number of benzene rings is 1. The number of nitrogens with one attached hydrogen (secondary N) is 1. The fourth-order valence-electron chi connectivity index (χ4n) is 0.629. The summed E-state index contributed by atoms with van der Waals surface area (Å²) in [5.41, 5.74) is 5.98. The van der Waals surface area contributed by atoms with Crippen LogP contribution < -0.4 is 5.73 Å². The van der Waals surface area contributed by atoms with E-state index in [0.717, 1.165) is 10.0 Å². The Hall–Kier alpha value is -0.830. The van der Waals surface area contributed by atoms with Gasteiger partial charge in [0.05, 0.1) is 0 Å². The Labute approximate surface area is 81.4 Å². The number of rotatable bonds is 1. The minimum Gasteiger partial charge on any atom is -0.384 e. The predicted molar refractivity (Wildman–Crippen MR) is 56.5 cm³/mol. The van der Waals surface area contributed by atoms with Crippen molar-refractivity contribution in [2.24, 2.45) is 5.73 Å². The van der Waals surface area contributed by atoms with Crippen LogP contribution in [0, 0.1) is 5.41 Å². The van der Waals surface area contributed by atoms with E-state index in [2.05, 4.69) is 15.9 Å². The van der Waals surface area contributed by atoms with Gasteiger partial charge in [-0.15, -0.1) is 0 Å². The van der Waals surface area contributed by atoms with Gasteiger partial charge in [-0.2, -0.15) is 0 Å². The van der Waals surface area contributed by atoms with Gasteiger partial charge in [0, 0.05) is 10.0 Å². The molecule has 12 heavy (non-hydrogen) atoms. The maximum absolute atomic E-state index is 7.07. The molecule has 0 fully saturated rings. The van der Waals surface area contributed by atoms with Crippen molar-refractivity contribution in [3.05, 3.63) is 34.3 Å². The quantitative estimate of drug-likeness (QED) is 0.564. The molecule has 0 heterocycles. The Kier molecular flexibility index (Phi) is 5.37. The maximum Gasteiger partial charge on any atom is 0.122 e. The summed E-state index contributed by atoms with van der Waals surface area (Å²) in [6, 6.07) is 7.31. The van der Waals surface area contributed by atoms with Crippen LogP contribution in [0.2, 0.25) is 0 Å². The number of nitrogens with two attached hydrogens (primary N) is 1. The van der Waals surface area contributed by atoms with E-state index in [-0.39, 0.29) is 5.84 Å². The van der Waals surface area contributed by atoms with Gasteiger partial charge >= 0.3 is 0 Å². The van der Waals surface area contributed by atoms with Crippen molar-refractivity contribution in [2.45, 2.75) is 13.8 Å². The molecule has 0 saturated heterocycles. The molecule has 1 aromatic rings. The molecule has 0 atom stereocenters. The molecule has 0 aromatic heterocycles. The SMILES string of the molecule is CC.N=C(N)c1ccc(Br)cc1. The lowest BCUT2D eigenvalue weighted by Gasteiger charge is -1.95. The van der Waals surface area contributed by atoms with E-state index in [4.69, 9.17) is 11.1 Å². The Morgan fingerprint density at radius 3 is 2.00 bits per heavy atom. The molecule has 2 nitrogen and oxygen atoms in total. The van der Waals surface area contributed by atoms with Crippen molar-refractivity contribution in [1.82, 2.24) is 0 Å². The average Bonchev–Trinajstić information content (AvgIpc) is 2.09. The summed E-state index contributed by atoms with van der Waals surface area (Å²) in [4.78, 5) is 0. The molecular weight excluding hydrogens is 216 g/mol. The van der Waals surface area contributed by atoms with Gasteiger partial charge in [-0.05, 0) is 12.1 Å². The highest BCUT2D eigenvalue weighted by Crippen LogP contribution is 2.09. The lowest BCUT2D eigenvalue weighted by Crippen LogP contribution is -2.10. The predicted octanol–water partition coefficient (Wildman–Crippen LogP) is 2.76. The van der Waals surface area contributed by atoms with Gasteiger partial charge in [0.15, 0.2) is 0 Å². The van der Waals surface area contributed by atoms with Crippen LogP contribution in [-0.4, -0.2) is 5.84 Å². The van der Waals surface area contributed by atoms with E-state index in [1.807, 2.05) is 26.0 Å². The molecule has 0 unspecified atom stereocenters. The van der Waals surface area contributed by atoms with Crippen LogP contribution in [0.25, 0.3) is 0 Å². The summed E-state index contributed by atoms with van der Waals surface area (Å²) < 4.78 is 0.998. The van der Waals surface area contributed by atoms with E-state index in [1.165, 1.54) is 0 Å². The molecular formula is C9H13BrN2. The second kappa shape index (κ2) is 5.77.